The van der Waals surface area contributed by atoms with E-state index in [0.717, 1.165) is 0 Å². The van der Waals surface area contributed by atoms with Crippen LogP contribution in [0.4, 0.5) is 10.1 Å². The Bertz CT molecular complexity index is 1730. The average molecular weight is 546 g/mol. The summed E-state index contributed by atoms with van der Waals surface area (Å²) in [5.74, 6) is -1.87. The maximum atomic E-state index is 14.4. The quantitative estimate of drug-likeness (QED) is 0.239. The summed E-state index contributed by atoms with van der Waals surface area (Å²) in [6.07, 6.45) is -0.861. The fraction of sp³-hybridized carbons (Fsp3) is 0.273. The predicted molar refractivity (Wildman–Crippen MR) is 153 cm³/mol. The third-order valence-electron chi connectivity index (χ3n) is 6.91. The van der Waals surface area contributed by atoms with Gasteiger partial charge in [0.25, 0.3) is 5.91 Å². The van der Waals surface area contributed by atoms with Crippen LogP contribution in [0.3, 0.4) is 0 Å². The average Bonchev–Trinajstić information content (AvgIpc) is 3.36. The molecule has 2 N–H and O–H groups in total. The number of aromatic nitrogens is 1. The van der Waals surface area contributed by atoms with Crippen molar-refractivity contribution in [2.45, 2.75) is 57.8 Å². The first-order valence-electron chi connectivity index (χ1n) is 15.7. The van der Waals surface area contributed by atoms with Crippen LogP contribution in [-0.2, 0) is 16.1 Å². The highest BCUT2D eigenvalue weighted by Crippen LogP contribution is 2.42. The second kappa shape index (κ2) is 11.9. The van der Waals surface area contributed by atoms with Crippen molar-refractivity contribution < 1.29 is 30.7 Å². The molecule has 1 fully saturated rings. The Morgan fingerprint density at radius 1 is 1.10 bits per heavy atom. The van der Waals surface area contributed by atoms with Crippen LogP contribution in [0.1, 0.15) is 61.9 Å². The summed E-state index contributed by atoms with van der Waals surface area (Å²) >= 11 is 0. The van der Waals surface area contributed by atoms with Crippen LogP contribution in [0.25, 0.3) is 22.4 Å². The number of nitrogens with one attached hydrogen (secondary N) is 1. The van der Waals surface area contributed by atoms with E-state index < -0.39 is 60.1 Å². The number of benzene rings is 3. The molecule has 0 unspecified atom stereocenters. The number of esters is 1. The Morgan fingerprint density at radius 2 is 1.80 bits per heavy atom. The fourth-order valence-corrected chi connectivity index (χ4v) is 5.29. The van der Waals surface area contributed by atoms with E-state index in [9.17, 15) is 19.1 Å². The number of anilines is 1. The maximum Gasteiger partial charge on any atom is 0.308 e. The molecule has 3 aromatic carbocycles. The van der Waals surface area contributed by atoms with Crippen molar-refractivity contribution >= 4 is 17.6 Å². The van der Waals surface area contributed by atoms with Gasteiger partial charge in [-0.05, 0) is 53.4 Å². The topological polar surface area (TPSA) is 80.6 Å². The van der Waals surface area contributed by atoms with Gasteiger partial charge in [-0.2, -0.15) is 0 Å². The molecular formula is C33H33FN2O4. The SMILES string of the molecule is [2H]c1c([2H])c([2H])c(NC(=O)c2c(-c3ccccc3)c(-c3ccc(F)cc3)n(CC[C@@H]3C[C@@H](O)CC(=O)O3)c2C(C)C)c([2H])c1[2H]. The van der Waals surface area contributed by atoms with E-state index in [-0.39, 0.29) is 36.6 Å². The number of ether oxygens (including phenoxy) is 1. The summed E-state index contributed by atoms with van der Waals surface area (Å²) in [5.41, 5.74) is 2.85. The second-order valence-corrected chi connectivity index (χ2v) is 10.1. The molecule has 0 saturated carbocycles. The lowest BCUT2D eigenvalue weighted by Gasteiger charge is -2.27. The lowest BCUT2D eigenvalue weighted by atomic mass is 9.94. The molecule has 5 rings (SSSR count). The Labute approximate surface area is 240 Å². The number of nitrogens with zero attached hydrogens (tertiary/aromatic N) is 1. The number of para-hydroxylation sites is 1. The number of rotatable bonds is 8. The first-order chi connectivity index (χ1) is 21.4. The number of halogens is 1. The van der Waals surface area contributed by atoms with Crippen molar-refractivity contribution in [1.29, 1.82) is 0 Å². The molecule has 4 aromatic rings. The summed E-state index contributed by atoms with van der Waals surface area (Å²) in [4.78, 5) is 26.4. The van der Waals surface area contributed by atoms with Gasteiger partial charge in [0.15, 0.2) is 0 Å². The summed E-state index contributed by atoms with van der Waals surface area (Å²) in [7, 11) is 0. The van der Waals surface area contributed by atoms with Crippen molar-refractivity contribution in [3.63, 3.8) is 0 Å². The highest BCUT2D eigenvalue weighted by atomic mass is 19.1. The molecule has 0 bridgehead atoms. The van der Waals surface area contributed by atoms with Gasteiger partial charge in [-0.15, -0.1) is 0 Å². The standard InChI is InChI=1S/C33H33FN2O4/c1-21(2)31-30(33(39)35-25-11-7-4-8-12-25)29(22-9-5-3-6-10-22)32(23-13-15-24(34)16-14-23)36(31)18-17-27-19-26(37)20-28(38)40-27/h3-16,21,26-27,37H,17-20H2,1-2H3,(H,35,39)/t26-,27-/m1/s1/i4D,7D,8D,11D,12D. The van der Waals surface area contributed by atoms with Crippen LogP contribution in [0.5, 0.6) is 0 Å². The summed E-state index contributed by atoms with van der Waals surface area (Å²) in [6, 6.07) is 12.2. The minimum Gasteiger partial charge on any atom is -0.462 e. The Hall–Kier alpha value is -4.23. The molecule has 7 heteroatoms. The summed E-state index contributed by atoms with van der Waals surface area (Å²) in [6.45, 7) is 4.08. The summed E-state index contributed by atoms with van der Waals surface area (Å²) in [5, 5.41) is 12.8. The second-order valence-electron chi connectivity index (χ2n) is 10.1. The van der Waals surface area contributed by atoms with Gasteiger partial charge in [-0.25, -0.2) is 4.39 Å². The van der Waals surface area contributed by atoms with Gasteiger partial charge in [0.05, 0.1) is 30.6 Å². The molecule has 6 nitrogen and oxygen atoms in total. The van der Waals surface area contributed by atoms with Gasteiger partial charge in [0, 0.05) is 36.3 Å². The van der Waals surface area contributed by atoms with Crippen molar-refractivity contribution in [1.82, 2.24) is 4.57 Å². The number of hydrogen-bond donors (Lipinski definition) is 2. The Morgan fingerprint density at radius 3 is 2.45 bits per heavy atom. The van der Waals surface area contributed by atoms with Crippen LogP contribution in [0.2, 0.25) is 0 Å². The first kappa shape index (κ1) is 21.6. The van der Waals surface area contributed by atoms with E-state index >= 15 is 0 Å². The van der Waals surface area contributed by atoms with E-state index in [1.54, 1.807) is 12.1 Å². The van der Waals surface area contributed by atoms with E-state index in [0.29, 0.717) is 34.5 Å². The van der Waals surface area contributed by atoms with Crippen molar-refractivity contribution in [3.8, 4) is 22.4 Å². The third kappa shape index (κ3) is 5.84. The summed E-state index contributed by atoms with van der Waals surface area (Å²) < 4.78 is 62.4. The molecule has 1 aliphatic rings. The highest BCUT2D eigenvalue weighted by Gasteiger charge is 2.32. The molecular weight excluding hydrogens is 507 g/mol. The van der Waals surface area contributed by atoms with E-state index in [2.05, 4.69) is 5.32 Å². The van der Waals surface area contributed by atoms with E-state index in [4.69, 9.17) is 11.6 Å². The maximum absolute atomic E-state index is 14.4. The number of amides is 1. The number of carbonyl (C=O) groups excluding carboxylic acids is 2. The van der Waals surface area contributed by atoms with Crippen molar-refractivity contribution in [2.24, 2.45) is 0 Å². The molecule has 0 aliphatic carbocycles. The van der Waals surface area contributed by atoms with Crippen molar-refractivity contribution in [3.05, 3.63) is 102 Å². The minimum atomic E-state index is -0.819. The molecule has 1 saturated heterocycles. The number of hydrogen-bond acceptors (Lipinski definition) is 4. The van der Waals surface area contributed by atoms with Crippen molar-refractivity contribution in [2.75, 3.05) is 5.32 Å². The normalized spacial score (nSPS) is 18.8. The largest absolute Gasteiger partial charge is 0.462 e. The van der Waals surface area contributed by atoms with Crippen LogP contribution < -0.4 is 5.32 Å². The number of cyclic esters (lactones) is 1. The molecule has 206 valence electrons. The van der Waals surface area contributed by atoms with Gasteiger partial charge < -0.3 is 19.7 Å². The Kier molecular flexibility index (Phi) is 6.41. The molecule has 2 heterocycles. The highest BCUT2D eigenvalue weighted by molar-refractivity contribution is 6.12. The fourth-order valence-electron chi connectivity index (χ4n) is 5.29. The van der Waals surface area contributed by atoms with E-state index in [1.807, 2.05) is 48.7 Å². The predicted octanol–water partition coefficient (Wildman–Crippen LogP) is 6.79. The number of aliphatic hydroxyl groups excluding tert-OH is 1. The lowest BCUT2D eigenvalue weighted by molar-refractivity contribution is -0.160. The molecule has 0 radical (unpaired) electrons. The lowest BCUT2D eigenvalue weighted by Crippen LogP contribution is -2.33. The van der Waals surface area contributed by atoms with Crippen LogP contribution >= 0.6 is 0 Å². The smallest absolute Gasteiger partial charge is 0.308 e. The van der Waals surface area contributed by atoms with Gasteiger partial charge >= 0.3 is 5.97 Å². The zero-order valence-corrected chi connectivity index (χ0v) is 22.3. The van der Waals surface area contributed by atoms with Crippen LogP contribution in [0, 0.1) is 5.82 Å². The van der Waals surface area contributed by atoms with Crippen LogP contribution in [-0.4, -0.2) is 33.8 Å². The number of carbonyl (C=O) groups is 2. The molecule has 0 spiro atoms. The minimum absolute atomic E-state index is 0.0716. The zero-order chi connectivity index (χ0) is 32.6. The molecule has 1 aromatic heterocycles. The molecule has 2 atom stereocenters. The zero-order valence-electron chi connectivity index (χ0n) is 27.3. The van der Waals surface area contributed by atoms with Crippen LogP contribution in [0.15, 0.2) is 84.8 Å². The first-order valence-corrected chi connectivity index (χ1v) is 13.2. The molecule has 1 aliphatic heterocycles. The van der Waals surface area contributed by atoms with Gasteiger partial charge in [0.2, 0.25) is 0 Å². The number of aliphatic hydroxyl groups is 1. The van der Waals surface area contributed by atoms with Gasteiger partial charge in [-0.3, -0.25) is 9.59 Å². The molecule has 1 amide bonds. The van der Waals surface area contributed by atoms with Gasteiger partial charge in [-0.1, -0.05) is 62.3 Å². The monoisotopic (exact) mass is 545 g/mol. The van der Waals surface area contributed by atoms with Gasteiger partial charge in [0.1, 0.15) is 11.9 Å². The third-order valence-corrected chi connectivity index (χ3v) is 6.91. The van der Waals surface area contributed by atoms with E-state index in [1.165, 1.54) is 12.1 Å². The molecule has 40 heavy (non-hydrogen) atoms. The Balaban J connectivity index is 1.75.